The molecule has 0 bridgehead atoms. The molecule has 0 radical (unpaired) electrons. The first-order valence-corrected chi connectivity index (χ1v) is 8.22. The van der Waals surface area contributed by atoms with Gasteiger partial charge in [0.2, 0.25) is 11.7 Å². The summed E-state index contributed by atoms with van der Waals surface area (Å²) in [7, 11) is 1.97. The van der Waals surface area contributed by atoms with Crippen LogP contribution in [0.15, 0.2) is 47.6 Å². The van der Waals surface area contributed by atoms with Crippen LogP contribution in [0.1, 0.15) is 28.8 Å². The Kier molecular flexibility index (Phi) is 4.36. The molecule has 0 aromatic carbocycles. The quantitative estimate of drug-likeness (QED) is 0.744. The van der Waals surface area contributed by atoms with E-state index in [4.69, 9.17) is 4.52 Å². The van der Waals surface area contributed by atoms with Gasteiger partial charge in [0.25, 0.3) is 5.91 Å². The van der Waals surface area contributed by atoms with E-state index in [0.717, 1.165) is 5.56 Å². The molecule has 3 aromatic heterocycles. The number of amides is 1. The average molecular weight is 351 g/mol. The lowest BCUT2D eigenvalue weighted by Gasteiger charge is -2.14. The molecule has 2 atom stereocenters. The molecule has 1 amide bonds. The molecule has 0 saturated carbocycles. The number of nitrogens with one attached hydrogen (secondary N) is 1. The van der Waals surface area contributed by atoms with Crippen molar-refractivity contribution in [3.05, 3.63) is 54.7 Å². The van der Waals surface area contributed by atoms with Crippen molar-refractivity contribution in [3.8, 4) is 11.4 Å². The van der Waals surface area contributed by atoms with Gasteiger partial charge in [-0.1, -0.05) is 5.16 Å². The summed E-state index contributed by atoms with van der Waals surface area (Å²) in [4.78, 5) is 30.8. The Morgan fingerprint density at radius 3 is 2.85 bits per heavy atom. The largest absolute Gasteiger partial charge is 0.347 e. The van der Waals surface area contributed by atoms with Crippen molar-refractivity contribution < 1.29 is 9.32 Å². The van der Waals surface area contributed by atoms with Gasteiger partial charge in [0.1, 0.15) is 5.69 Å². The Hall–Kier alpha value is -3.20. The number of aromatic nitrogens is 5. The highest BCUT2D eigenvalue weighted by Gasteiger charge is 2.35. The summed E-state index contributed by atoms with van der Waals surface area (Å²) >= 11 is 0. The van der Waals surface area contributed by atoms with Crippen LogP contribution in [0, 0.1) is 0 Å². The van der Waals surface area contributed by atoms with Crippen molar-refractivity contribution in [3.63, 3.8) is 0 Å². The summed E-state index contributed by atoms with van der Waals surface area (Å²) in [5, 5.41) is 7.04. The zero-order valence-corrected chi connectivity index (χ0v) is 14.1. The van der Waals surface area contributed by atoms with Gasteiger partial charge in [0.15, 0.2) is 0 Å². The van der Waals surface area contributed by atoms with Crippen LogP contribution in [-0.2, 0) is 0 Å². The number of carbonyl (C=O) groups excluding carboxylic acids is 1. The minimum Gasteiger partial charge on any atom is -0.347 e. The third-order valence-electron chi connectivity index (χ3n) is 4.34. The predicted molar refractivity (Wildman–Crippen MR) is 90.8 cm³/mol. The van der Waals surface area contributed by atoms with E-state index >= 15 is 0 Å². The van der Waals surface area contributed by atoms with Crippen molar-refractivity contribution in [2.45, 2.75) is 18.5 Å². The van der Waals surface area contributed by atoms with E-state index in [-0.39, 0.29) is 18.0 Å². The van der Waals surface area contributed by atoms with Crippen LogP contribution in [0.3, 0.4) is 0 Å². The van der Waals surface area contributed by atoms with E-state index in [1.807, 2.05) is 19.2 Å². The number of hydrogen-bond donors (Lipinski definition) is 1. The van der Waals surface area contributed by atoms with Crippen LogP contribution >= 0.6 is 0 Å². The van der Waals surface area contributed by atoms with E-state index in [2.05, 4.69) is 35.3 Å². The summed E-state index contributed by atoms with van der Waals surface area (Å²) in [6, 6.07) is 3.58. The molecule has 132 valence electrons. The highest BCUT2D eigenvalue weighted by atomic mass is 16.5. The molecule has 4 heterocycles. The molecular formula is C17H17N7O2. The summed E-state index contributed by atoms with van der Waals surface area (Å²) in [5.41, 5.74) is 1.15. The van der Waals surface area contributed by atoms with E-state index in [0.29, 0.717) is 30.4 Å². The molecule has 26 heavy (non-hydrogen) atoms. The molecule has 2 unspecified atom stereocenters. The van der Waals surface area contributed by atoms with Crippen molar-refractivity contribution in [2.24, 2.45) is 0 Å². The van der Waals surface area contributed by atoms with Gasteiger partial charge in [-0.05, 0) is 25.6 Å². The topological polar surface area (TPSA) is 110 Å². The van der Waals surface area contributed by atoms with E-state index in [9.17, 15) is 4.79 Å². The monoisotopic (exact) mass is 351 g/mol. The van der Waals surface area contributed by atoms with Gasteiger partial charge in [-0.15, -0.1) is 0 Å². The third-order valence-corrected chi connectivity index (χ3v) is 4.34. The van der Waals surface area contributed by atoms with E-state index in [1.54, 1.807) is 12.4 Å². The minimum atomic E-state index is -0.236. The average Bonchev–Trinajstić information content (AvgIpc) is 3.30. The Bertz CT molecular complexity index is 884. The first-order valence-electron chi connectivity index (χ1n) is 8.22. The fourth-order valence-electron chi connectivity index (χ4n) is 3.06. The fourth-order valence-corrected chi connectivity index (χ4v) is 3.06. The number of pyridine rings is 1. The first kappa shape index (κ1) is 16.3. The second kappa shape index (κ2) is 6.96. The third kappa shape index (κ3) is 3.29. The highest BCUT2D eigenvalue weighted by molar-refractivity contribution is 5.92. The van der Waals surface area contributed by atoms with Gasteiger partial charge in [0, 0.05) is 42.9 Å². The summed E-state index contributed by atoms with van der Waals surface area (Å²) in [5.74, 6) is 0.832. The van der Waals surface area contributed by atoms with Gasteiger partial charge in [0.05, 0.1) is 12.2 Å². The number of rotatable bonds is 4. The molecule has 1 aliphatic rings. The lowest BCUT2D eigenvalue weighted by atomic mass is 10.1. The van der Waals surface area contributed by atoms with Crippen molar-refractivity contribution in [1.29, 1.82) is 0 Å². The molecule has 0 spiro atoms. The molecule has 1 aliphatic heterocycles. The summed E-state index contributed by atoms with van der Waals surface area (Å²) < 4.78 is 5.45. The van der Waals surface area contributed by atoms with Gasteiger partial charge < -0.3 is 9.84 Å². The van der Waals surface area contributed by atoms with Crippen LogP contribution in [0.25, 0.3) is 11.4 Å². The molecule has 0 aliphatic carbocycles. The lowest BCUT2D eigenvalue weighted by Crippen LogP contribution is -2.36. The van der Waals surface area contributed by atoms with Crippen LogP contribution in [-0.4, -0.2) is 55.5 Å². The Morgan fingerprint density at radius 1 is 1.23 bits per heavy atom. The predicted octanol–water partition coefficient (Wildman–Crippen LogP) is 1.10. The molecule has 1 fully saturated rings. The van der Waals surface area contributed by atoms with Crippen molar-refractivity contribution in [1.82, 2.24) is 35.3 Å². The van der Waals surface area contributed by atoms with Crippen LogP contribution in [0.4, 0.5) is 0 Å². The molecule has 9 nitrogen and oxygen atoms in total. The SMILES string of the molecule is CN1CC(NC(=O)c2cnccn2)CC1c1nc(-c2ccncc2)no1. The van der Waals surface area contributed by atoms with Crippen LogP contribution in [0.5, 0.6) is 0 Å². The molecule has 4 rings (SSSR count). The minimum absolute atomic E-state index is 0.0317. The van der Waals surface area contributed by atoms with E-state index < -0.39 is 0 Å². The fraction of sp³-hybridized carbons (Fsp3) is 0.294. The van der Waals surface area contributed by atoms with Crippen LogP contribution in [0.2, 0.25) is 0 Å². The van der Waals surface area contributed by atoms with Crippen molar-refractivity contribution in [2.75, 3.05) is 13.6 Å². The maximum Gasteiger partial charge on any atom is 0.271 e. The molecule has 3 aromatic rings. The lowest BCUT2D eigenvalue weighted by molar-refractivity contribution is 0.0933. The number of likely N-dealkylation sites (tertiary alicyclic amines) is 1. The molecular weight excluding hydrogens is 334 g/mol. The van der Waals surface area contributed by atoms with Gasteiger partial charge in [-0.3, -0.25) is 19.7 Å². The smallest absolute Gasteiger partial charge is 0.271 e. The second-order valence-corrected chi connectivity index (χ2v) is 6.14. The molecule has 1 N–H and O–H groups in total. The normalized spacial score (nSPS) is 20.2. The number of hydrogen-bond acceptors (Lipinski definition) is 8. The molecule has 9 heteroatoms. The first-order chi connectivity index (χ1) is 12.7. The van der Waals surface area contributed by atoms with Gasteiger partial charge >= 0.3 is 0 Å². The summed E-state index contributed by atoms with van der Waals surface area (Å²) in [6.07, 6.45) is 8.53. The number of nitrogens with zero attached hydrogens (tertiary/aromatic N) is 6. The highest BCUT2D eigenvalue weighted by Crippen LogP contribution is 2.30. The van der Waals surface area contributed by atoms with Crippen LogP contribution < -0.4 is 5.32 Å². The maximum atomic E-state index is 12.3. The van der Waals surface area contributed by atoms with Gasteiger partial charge in [-0.2, -0.15) is 4.98 Å². The summed E-state index contributed by atoms with van der Waals surface area (Å²) in [6.45, 7) is 0.684. The molecule has 1 saturated heterocycles. The Labute approximate surface area is 149 Å². The standard InChI is InChI=1S/C17H17N7O2/c1-24-10-12(21-16(25)13-9-19-6-7-20-13)8-14(24)17-22-15(23-26-17)11-2-4-18-5-3-11/h2-7,9,12,14H,8,10H2,1H3,(H,21,25). The van der Waals surface area contributed by atoms with E-state index in [1.165, 1.54) is 18.6 Å². The van der Waals surface area contributed by atoms with Crippen molar-refractivity contribution >= 4 is 5.91 Å². The number of carbonyl (C=O) groups is 1. The Morgan fingerprint density at radius 2 is 2.08 bits per heavy atom. The number of likely N-dealkylation sites (N-methyl/N-ethyl adjacent to an activating group) is 1. The second-order valence-electron chi connectivity index (χ2n) is 6.14. The Balaban J connectivity index is 1.44. The van der Waals surface area contributed by atoms with Gasteiger partial charge in [-0.25, -0.2) is 4.98 Å². The maximum absolute atomic E-state index is 12.3. The zero-order valence-electron chi connectivity index (χ0n) is 14.1. The zero-order chi connectivity index (χ0) is 17.9.